The minimum absolute atomic E-state index is 0.0727. The van der Waals surface area contributed by atoms with Crippen molar-refractivity contribution in [2.24, 2.45) is 0 Å². The number of nitrogens with zero attached hydrogens (tertiary/aromatic N) is 1. The number of sulfonamides is 1. The van der Waals surface area contributed by atoms with E-state index >= 15 is 0 Å². The molecule has 1 aromatic heterocycles. The number of hydrogen-bond acceptors (Lipinski definition) is 5. The molecular weight excluding hydrogens is 406 g/mol. The molecule has 4 rings (SSSR count). The Labute approximate surface area is 166 Å². The summed E-state index contributed by atoms with van der Waals surface area (Å²) in [7, 11) is -3.29. The molecule has 5 nitrogen and oxygen atoms in total. The molecule has 0 spiro atoms. The van der Waals surface area contributed by atoms with Crippen molar-refractivity contribution < 1.29 is 17.9 Å². The first-order valence-corrected chi connectivity index (χ1v) is 11.2. The van der Waals surface area contributed by atoms with Crippen molar-refractivity contribution in [2.45, 2.75) is 13.0 Å². The van der Waals surface area contributed by atoms with Gasteiger partial charge in [0.1, 0.15) is 6.61 Å². The molecule has 2 aromatic carbocycles. The Bertz CT molecular complexity index is 1120. The molecule has 8 heteroatoms. The maximum atomic E-state index is 12.4. The lowest BCUT2D eigenvalue weighted by atomic mass is 10.2. The molecule has 0 bridgehead atoms. The van der Waals surface area contributed by atoms with E-state index in [1.54, 1.807) is 24.3 Å². The molecule has 0 saturated carbocycles. The summed E-state index contributed by atoms with van der Waals surface area (Å²) < 4.78 is 31.9. The molecule has 0 radical (unpaired) electrons. The van der Waals surface area contributed by atoms with Gasteiger partial charge in [-0.1, -0.05) is 35.9 Å². The fourth-order valence-corrected chi connectivity index (χ4v) is 6.05. The van der Waals surface area contributed by atoms with Crippen LogP contribution in [0.4, 0.5) is 5.69 Å². The van der Waals surface area contributed by atoms with Crippen molar-refractivity contribution >= 4 is 54.7 Å². The Morgan fingerprint density at radius 2 is 2.00 bits per heavy atom. The second kappa shape index (κ2) is 7.14. The highest BCUT2D eigenvalue weighted by atomic mass is 35.5. The first-order valence-electron chi connectivity index (χ1n) is 8.39. The molecule has 1 aliphatic rings. The van der Waals surface area contributed by atoms with Crippen molar-refractivity contribution in [1.82, 2.24) is 0 Å². The second-order valence-electron chi connectivity index (χ2n) is 6.20. The minimum atomic E-state index is -3.29. The molecule has 2 heterocycles. The van der Waals surface area contributed by atoms with Crippen LogP contribution in [0.1, 0.15) is 21.7 Å². The molecule has 0 atom stereocenters. The predicted octanol–water partition coefficient (Wildman–Crippen LogP) is 4.45. The van der Waals surface area contributed by atoms with Gasteiger partial charge in [0.15, 0.2) is 0 Å². The summed E-state index contributed by atoms with van der Waals surface area (Å²) in [5.74, 6) is -0.381. The molecular formula is C19H16ClNO4S2. The summed E-state index contributed by atoms with van der Waals surface area (Å²) in [5, 5.41) is 1.54. The predicted molar refractivity (Wildman–Crippen MR) is 108 cm³/mol. The summed E-state index contributed by atoms with van der Waals surface area (Å²) in [6.07, 6.45) is 0.585. The van der Waals surface area contributed by atoms with Crippen molar-refractivity contribution in [3.63, 3.8) is 0 Å². The summed E-state index contributed by atoms with van der Waals surface area (Å²) >= 11 is 7.86. The number of fused-ring (bicyclic) bond motifs is 1. The third-order valence-corrected chi connectivity index (χ3v) is 7.96. The zero-order valence-electron chi connectivity index (χ0n) is 14.2. The van der Waals surface area contributed by atoms with Crippen LogP contribution in [0.3, 0.4) is 0 Å². The summed E-state index contributed by atoms with van der Waals surface area (Å²) in [5.41, 5.74) is 0.800. The highest BCUT2D eigenvalue weighted by Gasteiger charge is 2.28. The lowest BCUT2D eigenvalue weighted by molar-refractivity contribution is 0.0477. The normalized spacial score (nSPS) is 16.0. The van der Waals surface area contributed by atoms with Gasteiger partial charge in [-0.3, -0.25) is 4.31 Å². The van der Waals surface area contributed by atoms with E-state index in [9.17, 15) is 13.2 Å². The van der Waals surface area contributed by atoms with Gasteiger partial charge in [0.2, 0.25) is 10.0 Å². The average molecular weight is 422 g/mol. The van der Waals surface area contributed by atoms with Crippen LogP contribution in [0.5, 0.6) is 0 Å². The molecule has 0 aliphatic carbocycles. The van der Waals surface area contributed by atoms with Crippen molar-refractivity contribution in [1.29, 1.82) is 0 Å². The summed E-state index contributed by atoms with van der Waals surface area (Å²) in [4.78, 5) is 13.2. The third kappa shape index (κ3) is 3.54. The maximum Gasteiger partial charge on any atom is 0.338 e. The Kier molecular flexibility index (Phi) is 4.84. The minimum Gasteiger partial charge on any atom is -0.456 e. The van der Waals surface area contributed by atoms with E-state index < -0.39 is 16.0 Å². The van der Waals surface area contributed by atoms with Gasteiger partial charge in [0.25, 0.3) is 0 Å². The van der Waals surface area contributed by atoms with Crippen molar-refractivity contribution in [2.75, 3.05) is 16.6 Å². The van der Waals surface area contributed by atoms with Crippen molar-refractivity contribution in [3.8, 4) is 0 Å². The van der Waals surface area contributed by atoms with E-state index in [1.807, 2.05) is 24.3 Å². The zero-order valence-corrected chi connectivity index (χ0v) is 16.6. The van der Waals surface area contributed by atoms with Crippen LogP contribution < -0.4 is 4.31 Å². The number of anilines is 1. The molecule has 0 N–H and O–H groups in total. The highest BCUT2D eigenvalue weighted by molar-refractivity contribution is 7.93. The van der Waals surface area contributed by atoms with Crippen LogP contribution in [0, 0.1) is 0 Å². The van der Waals surface area contributed by atoms with E-state index in [4.69, 9.17) is 16.3 Å². The molecule has 1 fully saturated rings. The molecule has 0 unspecified atom stereocenters. The molecule has 1 aliphatic heterocycles. The van der Waals surface area contributed by atoms with Gasteiger partial charge in [-0.25, -0.2) is 13.2 Å². The van der Waals surface area contributed by atoms with Crippen molar-refractivity contribution in [3.05, 3.63) is 64.0 Å². The van der Waals surface area contributed by atoms with Gasteiger partial charge in [-0.2, -0.15) is 0 Å². The zero-order chi connectivity index (χ0) is 19.0. The summed E-state index contributed by atoms with van der Waals surface area (Å²) in [6, 6.07) is 14.3. The fourth-order valence-electron chi connectivity index (χ4n) is 3.09. The van der Waals surface area contributed by atoms with Crippen LogP contribution in [0.25, 0.3) is 10.1 Å². The first kappa shape index (κ1) is 18.3. The lowest BCUT2D eigenvalue weighted by Gasteiger charge is -2.17. The van der Waals surface area contributed by atoms with Gasteiger partial charge in [-0.05, 0) is 30.7 Å². The number of carbonyl (C=O) groups is 1. The van der Waals surface area contributed by atoms with E-state index in [0.717, 1.165) is 15.0 Å². The third-order valence-electron chi connectivity index (χ3n) is 4.40. The smallest absolute Gasteiger partial charge is 0.338 e. The van der Waals surface area contributed by atoms with Gasteiger partial charge in [0.05, 0.1) is 26.9 Å². The van der Waals surface area contributed by atoms with Crippen LogP contribution in [0.15, 0.2) is 48.5 Å². The average Bonchev–Trinajstić information content (AvgIpc) is 3.19. The monoisotopic (exact) mass is 421 g/mol. The molecule has 3 aromatic rings. The molecule has 0 amide bonds. The Balaban J connectivity index is 1.51. The van der Waals surface area contributed by atoms with E-state index in [2.05, 4.69) is 0 Å². The number of hydrogen-bond donors (Lipinski definition) is 0. The van der Waals surface area contributed by atoms with E-state index in [0.29, 0.717) is 29.2 Å². The number of benzene rings is 2. The Morgan fingerprint density at radius 3 is 2.74 bits per heavy atom. The Hall–Kier alpha value is -2.09. The standard InChI is InChI=1S/C19H16ClNO4S2/c20-18-15-7-1-2-8-16(15)26-17(18)12-25-19(22)13-5-3-6-14(11-13)21-9-4-10-27(21,23)24/h1-3,5-8,11H,4,9-10,12H2. The SMILES string of the molecule is O=C(OCc1sc2ccccc2c1Cl)c1cccc(N2CCCS2(=O)=O)c1. The number of ether oxygens (including phenoxy) is 1. The fraction of sp³-hybridized carbons (Fsp3) is 0.211. The van der Waals surface area contributed by atoms with Crippen LogP contribution in [-0.4, -0.2) is 26.7 Å². The van der Waals surface area contributed by atoms with Gasteiger partial charge >= 0.3 is 5.97 Å². The maximum absolute atomic E-state index is 12.4. The number of halogens is 1. The first-order chi connectivity index (χ1) is 13.0. The van der Waals surface area contributed by atoms with E-state index in [-0.39, 0.29) is 12.4 Å². The molecule has 140 valence electrons. The van der Waals surface area contributed by atoms with Crippen LogP contribution in [0.2, 0.25) is 5.02 Å². The number of esters is 1. The molecule has 1 saturated heterocycles. The van der Waals surface area contributed by atoms with Gasteiger partial charge in [-0.15, -0.1) is 11.3 Å². The van der Waals surface area contributed by atoms with E-state index in [1.165, 1.54) is 15.6 Å². The number of carbonyl (C=O) groups excluding carboxylic acids is 1. The number of rotatable bonds is 4. The van der Waals surface area contributed by atoms with Gasteiger partial charge < -0.3 is 4.74 Å². The lowest BCUT2D eigenvalue weighted by Crippen LogP contribution is -2.25. The number of thiophene rings is 1. The second-order valence-corrected chi connectivity index (χ2v) is 9.73. The Morgan fingerprint density at radius 1 is 1.19 bits per heavy atom. The van der Waals surface area contributed by atoms with Gasteiger partial charge in [0, 0.05) is 16.6 Å². The van der Waals surface area contributed by atoms with Crippen LogP contribution in [-0.2, 0) is 21.4 Å². The molecule has 27 heavy (non-hydrogen) atoms. The quantitative estimate of drug-likeness (QED) is 0.584. The highest BCUT2D eigenvalue weighted by Crippen LogP contribution is 2.35. The summed E-state index contributed by atoms with van der Waals surface area (Å²) in [6.45, 7) is 0.501. The van der Waals surface area contributed by atoms with Crippen LogP contribution >= 0.6 is 22.9 Å². The topological polar surface area (TPSA) is 63.7 Å². The largest absolute Gasteiger partial charge is 0.456 e.